The highest BCUT2D eigenvalue weighted by Gasteiger charge is 2.22. The van der Waals surface area contributed by atoms with Crippen molar-refractivity contribution in [2.24, 2.45) is 0 Å². The van der Waals surface area contributed by atoms with Gasteiger partial charge < -0.3 is 10.2 Å². The number of hydrogen-bond acceptors (Lipinski definition) is 5. The van der Waals surface area contributed by atoms with Crippen LogP contribution in [0.4, 0.5) is 20.3 Å². The topological polar surface area (TPSA) is 88.4 Å². The molecule has 0 bridgehead atoms. The summed E-state index contributed by atoms with van der Waals surface area (Å²) >= 11 is 0. The number of amides is 1. The first-order valence-corrected chi connectivity index (χ1v) is 5.22. The van der Waals surface area contributed by atoms with Crippen molar-refractivity contribution >= 4 is 17.4 Å². The van der Waals surface area contributed by atoms with Crippen LogP contribution in [0.2, 0.25) is 0 Å². The standard InChI is InChI=1S/C10H12F2N4O3/c1-13-9-7(3-6(4-14-9)16(18)19)10(17)15(2)5-8(11)12/h3-4,8H,5H2,1-2H3,(H,13,14). The zero-order valence-corrected chi connectivity index (χ0v) is 10.3. The van der Waals surface area contributed by atoms with Gasteiger partial charge in [-0.1, -0.05) is 0 Å². The van der Waals surface area contributed by atoms with Crippen LogP contribution in [0.25, 0.3) is 0 Å². The smallest absolute Gasteiger partial charge is 0.288 e. The van der Waals surface area contributed by atoms with Crippen LogP contribution in [-0.2, 0) is 0 Å². The summed E-state index contributed by atoms with van der Waals surface area (Å²) in [7, 11) is 2.66. The van der Waals surface area contributed by atoms with Crippen LogP contribution in [0.3, 0.4) is 0 Å². The SMILES string of the molecule is CNc1ncc([N+](=O)[O-])cc1C(=O)N(C)CC(F)F. The second-order valence-electron chi connectivity index (χ2n) is 3.67. The minimum Gasteiger partial charge on any atom is -0.372 e. The largest absolute Gasteiger partial charge is 0.372 e. The van der Waals surface area contributed by atoms with Crippen molar-refractivity contribution in [3.8, 4) is 0 Å². The number of aromatic nitrogens is 1. The molecule has 1 rings (SSSR count). The van der Waals surface area contributed by atoms with Gasteiger partial charge in [-0.05, 0) is 0 Å². The predicted octanol–water partition coefficient (Wildman–Crippen LogP) is 1.37. The van der Waals surface area contributed by atoms with Gasteiger partial charge in [0.05, 0.1) is 17.0 Å². The highest BCUT2D eigenvalue weighted by Crippen LogP contribution is 2.20. The molecular formula is C10H12F2N4O3. The van der Waals surface area contributed by atoms with Gasteiger partial charge in [0.1, 0.15) is 12.0 Å². The summed E-state index contributed by atoms with van der Waals surface area (Å²) in [4.78, 5) is 26.3. The molecule has 0 radical (unpaired) electrons. The van der Waals surface area contributed by atoms with E-state index >= 15 is 0 Å². The molecule has 0 spiro atoms. The number of rotatable bonds is 5. The number of carbonyl (C=O) groups excluding carboxylic acids is 1. The predicted molar refractivity (Wildman–Crippen MR) is 63.4 cm³/mol. The van der Waals surface area contributed by atoms with Crippen molar-refractivity contribution in [3.63, 3.8) is 0 Å². The van der Waals surface area contributed by atoms with Gasteiger partial charge in [-0.3, -0.25) is 14.9 Å². The lowest BCUT2D eigenvalue weighted by Crippen LogP contribution is -2.32. The van der Waals surface area contributed by atoms with E-state index in [9.17, 15) is 23.7 Å². The van der Waals surface area contributed by atoms with E-state index in [1.165, 1.54) is 14.1 Å². The first kappa shape index (κ1) is 14.7. The van der Waals surface area contributed by atoms with Gasteiger partial charge >= 0.3 is 0 Å². The highest BCUT2D eigenvalue weighted by molar-refractivity contribution is 5.99. The zero-order chi connectivity index (χ0) is 14.6. The average Bonchev–Trinajstić information content (AvgIpc) is 2.36. The van der Waals surface area contributed by atoms with E-state index < -0.39 is 23.8 Å². The number of pyridine rings is 1. The van der Waals surface area contributed by atoms with Crippen LogP contribution in [0, 0.1) is 10.1 Å². The van der Waals surface area contributed by atoms with Gasteiger partial charge in [0.15, 0.2) is 0 Å². The fourth-order valence-electron chi connectivity index (χ4n) is 1.41. The molecule has 1 N–H and O–H groups in total. The van der Waals surface area contributed by atoms with Gasteiger partial charge in [-0.2, -0.15) is 0 Å². The van der Waals surface area contributed by atoms with Gasteiger partial charge in [-0.25, -0.2) is 13.8 Å². The third kappa shape index (κ3) is 3.57. The molecule has 1 aromatic rings. The molecule has 0 aliphatic carbocycles. The number of nitro groups is 1. The molecule has 19 heavy (non-hydrogen) atoms. The van der Waals surface area contributed by atoms with Crippen molar-refractivity contribution in [1.82, 2.24) is 9.88 Å². The number of carbonyl (C=O) groups is 1. The molecule has 0 atom stereocenters. The Morgan fingerprint density at radius 3 is 2.74 bits per heavy atom. The molecule has 7 nitrogen and oxygen atoms in total. The Morgan fingerprint density at radius 1 is 1.63 bits per heavy atom. The molecular weight excluding hydrogens is 262 g/mol. The van der Waals surface area contributed by atoms with Crippen LogP contribution >= 0.6 is 0 Å². The Morgan fingerprint density at radius 2 is 2.26 bits per heavy atom. The summed E-state index contributed by atoms with van der Waals surface area (Å²) in [5, 5.41) is 13.2. The quantitative estimate of drug-likeness (QED) is 0.647. The molecule has 9 heteroatoms. The number of nitrogens with one attached hydrogen (secondary N) is 1. The minimum atomic E-state index is -2.68. The normalized spacial score (nSPS) is 10.4. The minimum absolute atomic E-state index is 0.0942. The molecule has 0 aliphatic rings. The average molecular weight is 274 g/mol. The maximum atomic E-state index is 12.2. The van der Waals surface area contributed by atoms with Gasteiger partial charge in [0.25, 0.3) is 18.0 Å². The van der Waals surface area contributed by atoms with Crippen LogP contribution < -0.4 is 5.32 Å². The van der Waals surface area contributed by atoms with Gasteiger partial charge in [0, 0.05) is 20.2 Å². The summed E-state index contributed by atoms with van der Waals surface area (Å²) in [5.74, 6) is -0.669. The Labute approximate surface area is 107 Å². The Bertz CT molecular complexity index is 496. The summed E-state index contributed by atoms with van der Waals surface area (Å²) in [5.41, 5.74) is -0.507. The van der Waals surface area contributed by atoms with Crippen molar-refractivity contribution < 1.29 is 18.5 Å². The van der Waals surface area contributed by atoms with Crippen LogP contribution in [0.1, 0.15) is 10.4 Å². The summed E-state index contributed by atoms with van der Waals surface area (Å²) in [6, 6.07) is 1.00. The first-order chi connectivity index (χ1) is 8.86. The monoisotopic (exact) mass is 274 g/mol. The van der Waals surface area contributed by atoms with Crippen molar-refractivity contribution in [3.05, 3.63) is 27.9 Å². The molecule has 0 aliphatic heterocycles. The second kappa shape index (κ2) is 6.03. The Hall–Kier alpha value is -2.32. The van der Waals surface area contributed by atoms with Crippen molar-refractivity contribution in [2.75, 3.05) is 26.0 Å². The van der Waals surface area contributed by atoms with E-state index in [-0.39, 0.29) is 17.1 Å². The van der Waals surface area contributed by atoms with Crippen LogP contribution in [-0.4, -0.2) is 47.8 Å². The van der Waals surface area contributed by atoms with E-state index in [4.69, 9.17) is 0 Å². The molecule has 0 unspecified atom stereocenters. The van der Waals surface area contributed by atoms with Crippen LogP contribution in [0.5, 0.6) is 0 Å². The van der Waals surface area contributed by atoms with E-state index in [0.717, 1.165) is 17.2 Å². The first-order valence-electron chi connectivity index (χ1n) is 5.22. The number of alkyl halides is 2. The molecule has 1 aromatic heterocycles. The number of halogens is 2. The number of nitrogens with zero attached hydrogens (tertiary/aromatic N) is 3. The van der Waals surface area contributed by atoms with Gasteiger partial charge in [0.2, 0.25) is 0 Å². The van der Waals surface area contributed by atoms with Crippen molar-refractivity contribution in [1.29, 1.82) is 0 Å². The van der Waals surface area contributed by atoms with E-state index in [2.05, 4.69) is 10.3 Å². The summed E-state index contributed by atoms with van der Waals surface area (Å²) < 4.78 is 24.4. The molecule has 0 saturated carbocycles. The van der Waals surface area contributed by atoms with Crippen molar-refractivity contribution in [2.45, 2.75) is 6.43 Å². The molecule has 1 amide bonds. The molecule has 0 aromatic carbocycles. The number of anilines is 1. The lowest BCUT2D eigenvalue weighted by atomic mass is 10.2. The third-order valence-electron chi connectivity index (χ3n) is 2.31. The lowest BCUT2D eigenvalue weighted by Gasteiger charge is -2.17. The molecule has 0 fully saturated rings. The maximum Gasteiger partial charge on any atom is 0.288 e. The maximum absolute atomic E-state index is 12.2. The lowest BCUT2D eigenvalue weighted by molar-refractivity contribution is -0.385. The number of hydrogen-bond donors (Lipinski definition) is 1. The zero-order valence-electron chi connectivity index (χ0n) is 10.3. The summed E-state index contributed by atoms with van der Waals surface area (Å²) in [6.45, 7) is -0.759. The third-order valence-corrected chi connectivity index (χ3v) is 2.31. The summed E-state index contributed by atoms with van der Waals surface area (Å²) in [6.07, 6.45) is -1.70. The van der Waals surface area contributed by atoms with E-state index in [1.807, 2.05) is 0 Å². The second-order valence-corrected chi connectivity index (χ2v) is 3.67. The fourth-order valence-corrected chi connectivity index (χ4v) is 1.41. The molecule has 1 heterocycles. The highest BCUT2D eigenvalue weighted by atomic mass is 19.3. The van der Waals surface area contributed by atoms with Gasteiger partial charge in [-0.15, -0.1) is 0 Å². The fraction of sp³-hybridized carbons (Fsp3) is 0.400. The Kier molecular flexibility index (Phi) is 4.67. The molecule has 104 valence electrons. The van der Waals surface area contributed by atoms with E-state index in [1.54, 1.807) is 0 Å². The van der Waals surface area contributed by atoms with E-state index in [0.29, 0.717) is 0 Å². The Balaban J connectivity index is 3.12. The molecule has 0 saturated heterocycles. The van der Waals surface area contributed by atoms with Crippen LogP contribution in [0.15, 0.2) is 12.3 Å².